The minimum absolute atomic E-state index is 0.0666. The molecule has 1 N–H and O–H groups in total. The van der Waals surface area contributed by atoms with Crippen molar-refractivity contribution in [3.63, 3.8) is 0 Å². The molecule has 0 amide bonds. The van der Waals surface area contributed by atoms with Crippen molar-refractivity contribution in [2.75, 3.05) is 13.6 Å². The molecular formula is C14H19NO3S. The number of likely N-dealkylation sites (N-methyl/N-ethyl adjacent to an activating group) is 1. The highest BCUT2D eigenvalue weighted by Crippen LogP contribution is 2.08. The molecule has 0 aliphatic carbocycles. The third-order valence-electron chi connectivity index (χ3n) is 2.77. The summed E-state index contributed by atoms with van der Waals surface area (Å²) in [5.74, 6) is 0. The van der Waals surface area contributed by atoms with Crippen LogP contribution in [-0.2, 0) is 10.1 Å². The summed E-state index contributed by atoms with van der Waals surface area (Å²) < 4.78 is 29.6. The molecule has 0 radical (unpaired) electrons. The van der Waals surface area contributed by atoms with Crippen LogP contribution in [-0.4, -0.2) is 31.5 Å². The van der Waals surface area contributed by atoms with E-state index in [1.54, 1.807) is 12.1 Å². The van der Waals surface area contributed by atoms with E-state index in [0.717, 1.165) is 12.1 Å². The summed E-state index contributed by atoms with van der Waals surface area (Å²) in [5, 5.41) is 0. The molecule has 0 spiro atoms. The molecule has 0 saturated heterocycles. The maximum Gasteiger partial charge on any atom is 0.294 e. The summed E-state index contributed by atoms with van der Waals surface area (Å²) >= 11 is 0. The molecule has 0 unspecified atom stereocenters. The Labute approximate surface area is 114 Å². The molecule has 1 aliphatic heterocycles. The van der Waals surface area contributed by atoms with Gasteiger partial charge in [0, 0.05) is 19.3 Å². The van der Waals surface area contributed by atoms with Gasteiger partial charge in [-0.1, -0.05) is 29.8 Å². The molecule has 0 saturated carbocycles. The first kappa shape index (κ1) is 15.5. The van der Waals surface area contributed by atoms with Crippen LogP contribution < -0.4 is 0 Å². The van der Waals surface area contributed by atoms with Crippen LogP contribution in [0, 0.1) is 6.92 Å². The van der Waals surface area contributed by atoms with Crippen molar-refractivity contribution in [1.29, 1.82) is 0 Å². The van der Waals surface area contributed by atoms with Gasteiger partial charge in [-0.2, -0.15) is 8.42 Å². The van der Waals surface area contributed by atoms with E-state index in [0.29, 0.717) is 0 Å². The van der Waals surface area contributed by atoms with Crippen molar-refractivity contribution in [2.24, 2.45) is 0 Å². The Balaban J connectivity index is 0.000000200. The van der Waals surface area contributed by atoms with E-state index >= 15 is 0 Å². The quantitative estimate of drug-likeness (QED) is 0.804. The lowest BCUT2D eigenvalue weighted by atomic mass is 10.2. The summed E-state index contributed by atoms with van der Waals surface area (Å²) in [4.78, 5) is 2.14. The number of allylic oxidation sites excluding steroid dienone is 3. The summed E-state index contributed by atoms with van der Waals surface area (Å²) in [7, 11) is -1.93. The van der Waals surface area contributed by atoms with Gasteiger partial charge in [-0.3, -0.25) is 4.55 Å². The fourth-order valence-electron chi connectivity index (χ4n) is 1.41. The summed E-state index contributed by atoms with van der Waals surface area (Å²) in [6.45, 7) is 5.01. The van der Waals surface area contributed by atoms with E-state index in [-0.39, 0.29) is 4.90 Å². The van der Waals surface area contributed by atoms with Crippen molar-refractivity contribution in [2.45, 2.75) is 18.7 Å². The van der Waals surface area contributed by atoms with Crippen molar-refractivity contribution in [1.82, 2.24) is 4.90 Å². The molecule has 19 heavy (non-hydrogen) atoms. The summed E-state index contributed by atoms with van der Waals surface area (Å²) in [6.07, 6.45) is 6.35. The van der Waals surface area contributed by atoms with Crippen LogP contribution in [0.1, 0.15) is 12.5 Å². The van der Waals surface area contributed by atoms with E-state index in [4.69, 9.17) is 4.55 Å². The zero-order valence-electron chi connectivity index (χ0n) is 11.4. The second-order valence-corrected chi connectivity index (χ2v) is 5.83. The first-order valence-electron chi connectivity index (χ1n) is 5.89. The highest BCUT2D eigenvalue weighted by atomic mass is 32.2. The number of nitrogens with zero attached hydrogens (tertiary/aromatic N) is 1. The molecule has 0 atom stereocenters. The summed E-state index contributed by atoms with van der Waals surface area (Å²) in [5.41, 5.74) is 2.30. The molecule has 104 valence electrons. The van der Waals surface area contributed by atoms with Crippen LogP contribution in [0.5, 0.6) is 0 Å². The average molecular weight is 281 g/mol. The normalized spacial score (nSPS) is 14.5. The van der Waals surface area contributed by atoms with Gasteiger partial charge in [-0.15, -0.1) is 0 Å². The molecular weight excluding hydrogens is 262 g/mol. The van der Waals surface area contributed by atoms with Crippen LogP contribution in [0.15, 0.2) is 53.1 Å². The van der Waals surface area contributed by atoms with Gasteiger partial charge in [0.05, 0.1) is 4.90 Å². The molecule has 5 heteroatoms. The molecule has 4 nitrogen and oxygen atoms in total. The molecule has 0 aromatic heterocycles. The highest BCUT2D eigenvalue weighted by Gasteiger charge is 2.06. The first-order valence-corrected chi connectivity index (χ1v) is 7.33. The molecule has 1 heterocycles. The van der Waals surface area contributed by atoms with Crippen LogP contribution in [0.25, 0.3) is 0 Å². The Hall–Kier alpha value is -1.59. The number of hydrogen-bond acceptors (Lipinski definition) is 3. The van der Waals surface area contributed by atoms with Gasteiger partial charge in [0.25, 0.3) is 10.1 Å². The fraction of sp³-hybridized carbons (Fsp3) is 0.286. The lowest BCUT2D eigenvalue weighted by Gasteiger charge is -2.19. The maximum atomic E-state index is 10.5. The molecule has 0 fully saturated rings. The number of hydrogen-bond donors (Lipinski definition) is 1. The Morgan fingerprint density at radius 1 is 1.16 bits per heavy atom. The zero-order valence-corrected chi connectivity index (χ0v) is 12.2. The molecule has 2 rings (SSSR count). The Kier molecular flexibility index (Phi) is 5.32. The largest absolute Gasteiger partial charge is 0.374 e. The third-order valence-corrected chi connectivity index (χ3v) is 3.64. The summed E-state index contributed by atoms with van der Waals surface area (Å²) in [6, 6.07) is 5.99. The predicted molar refractivity (Wildman–Crippen MR) is 76.5 cm³/mol. The van der Waals surface area contributed by atoms with Gasteiger partial charge in [0.15, 0.2) is 0 Å². The van der Waals surface area contributed by atoms with Crippen LogP contribution >= 0.6 is 0 Å². The first-order chi connectivity index (χ1) is 8.80. The lowest BCUT2D eigenvalue weighted by molar-refractivity contribution is 0.460. The standard InChI is InChI=1S/C7H11N.C7H8O3S/c1-7-5-3-4-6-8(7)2;1-6-2-4-7(5-3-6)11(8,9)10/h3-5H,6H2,1-2H3;2-5H,1H3,(H,8,9,10). The van der Waals surface area contributed by atoms with Crippen molar-refractivity contribution in [3.8, 4) is 0 Å². The van der Waals surface area contributed by atoms with Crippen molar-refractivity contribution in [3.05, 3.63) is 53.8 Å². The fourth-order valence-corrected chi connectivity index (χ4v) is 1.89. The van der Waals surface area contributed by atoms with Crippen LogP contribution in [0.3, 0.4) is 0 Å². The van der Waals surface area contributed by atoms with E-state index in [2.05, 4.69) is 37.1 Å². The van der Waals surface area contributed by atoms with E-state index in [1.165, 1.54) is 17.8 Å². The monoisotopic (exact) mass is 281 g/mol. The molecule has 1 aromatic carbocycles. The third kappa shape index (κ3) is 5.28. The Bertz CT molecular complexity index is 571. The average Bonchev–Trinajstić information content (AvgIpc) is 2.33. The smallest absolute Gasteiger partial charge is 0.294 e. The molecule has 0 bridgehead atoms. The highest BCUT2D eigenvalue weighted by molar-refractivity contribution is 7.85. The Morgan fingerprint density at radius 2 is 1.74 bits per heavy atom. The predicted octanol–water partition coefficient (Wildman–Crippen LogP) is 2.63. The van der Waals surface area contributed by atoms with Crippen molar-refractivity contribution >= 4 is 10.1 Å². The van der Waals surface area contributed by atoms with Gasteiger partial charge in [-0.05, 0) is 32.1 Å². The van der Waals surface area contributed by atoms with E-state index in [9.17, 15) is 8.42 Å². The minimum Gasteiger partial charge on any atom is -0.374 e. The SMILES string of the molecule is CC1=CC=CCN1C.Cc1ccc(S(=O)(=O)O)cc1. The zero-order chi connectivity index (χ0) is 14.5. The second-order valence-electron chi connectivity index (χ2n) is 4.40. The van der Waals surface area contributed by atoms with Crippen LogP contribution in [0.2, 0.25) is 0 Å². The molecule has 1 aliphatic rings. The lowest BCUT2D eigenvalue weighted by Crippen LogP contribution is -2.17. The second kappa shape index (κ2) is 6.54. The number of aryl methyl sites for hydroxylation is 1. The molecule has 1 aromatic rings. The van der Waals surface area contributed by atoms with Gasteiger partial charge >= 0.3 is 0 Å². The van der Waals surface area contributed by atoms with E-state index < -0.39 is 10.1 Å². The van der Waals surface area contributed by atoms with Gasteiger partial charge < -0.3 is 4.90 Å². The maximum absolute atomic E-state index is 10.5. The van der Waals surface area contributed by atoms with Crippen LogP contribution in [0.4, 0.5) is 0 Å². The van der Waals surface area contributed by atoms with Gasteiger partial charge in [-0.25, -0.2) is 0 Å². The Morgan fingerprint density at radius 3 is 2.11 bits per heavy atom. The number of benzene rings is 1. The number of rotatable bonds is 1. The van der Waals surface area contributed by atoms with Gasteiger partial charge in [0.2, 0.25) is 0 Å². The van der Waals surface area contributed by atoms with E-state index in [1.807, 2.05) is 6.92 Å². The van der Waals surface area contributed by atoms with Crippen molar-refractivity contribution < 1.29 is 13.0 Å². The minimum atomic E-state index is -4.02. The topological polar surface area (TPSA) is 57.6 Å². The van der Waals surface area contributed by atoms with Gasteiger partial charge in [0.1, 0.15) is 0 Å².